The Morgan fingerprint density at radius 2 is 1.83 bits per heavy atom. The number of hydrogen-bond donors (Lipinski definition) is 2. The van der Waals surface area contributed by atoms with Crippen LogP contribution in [0.1, 0.15) is 10.4 Å². The number of guanidine groups is 1. The first-order chi connectivity index (χ1) is 11.7. The first kappa shape index (κ1) is 17.9. The van der Waals surface area contributed by atoms with Gasteiger partial charge in [-0.3, -0.25) is 0 Å². The summed E-state index contributed by atoms with van der Waals surface area (Å²) in [6.07, 6.45) is 0.924. The minimum atomic E-state index is 0.390. The zero-order chi connectivity index (χ0) is 17.4. The molecule has 0 saturated carbocycles. The molecule has 6 nitrogen and oxygen atoms in total. The van der Waals surface area contributed by atoms with Crippen molar-refractivity contribution in [1.82, 2.24) is 5.32 Å². The molecule has 1 aromatic heterocycles. The molecule has 1 heterocycles. The lowest BCUT2D eigenvalue weighted by molar-refractivity contribution is 0.347. The van der Waals surface area contributed by atoms with Crippen LogP contribution in [0.25, 0.3) is 0 Å². The average molecular weight is 349 g/mol. The maximum atomic E-state index is 5.92. The highest BCUT2D eigenvalue weighted by Crippen LogP contribution is 2.34. The van der Waals surface area contributed by atoms with Gasteiger partial charge in [0, 0.05) is 23.1 Å². The summed E-state index contributed by atoms with van der Waals surface area (Å²) in [6, 6.07) is 7.78. The SMILES string of the molecule is COc1cc(OC)c(OC)cc1CN=C(N)NCCc1cccs1. The number of nitrogens with one attached hydrogen (secondary N) is 1. The van der Waals surface area contributed by atoms with Crippen LogP contribution < -0.4 is 25.3 Å². The largest absolute Gasteiger partial charge is 0.496 e. The number of methoxy groups -OCH3 is 3. The lowest BCUT2D eigenvalue weighted by Crippen LogP contribution is -2.33. The molecule has 0 fully saturated rings. The van der Waals surface area contributed by atoms with E-state index in [1.54, 1.807) is 38.7 Å². The van der Waals surface area contributed by atoms with E-state index in [9.17, 15) is 0 Å². The third-order valence-corrected chi connectivity index (χ3v) is 4.40. The smallest absolute Gasteiger partial charge is 0.188 e. The molecule has 3 N–H and O–H groups in total. The molecule has 7 heteroatoms. The molecule has 0 bridgehead atoms. The Morgan fingerprint density at radius 1 is 1.12 bits per heavy atom. The van der Waals surface area contributed by atoms with Gasteiger partial charge in [-0.15, -0.1) is 11.3 Å². The number of ether oxygens (including phenoxy) is 3. The van der Waals surface area contributed by atoms with E-state index < -0.39 is 0 Å². The van der Waals surface area contributed by atoms with Gasteiger partial charge in [0.2, 0.25) is 0 Å². The summed E-state index contributed by atoms with van der Waals surface area (Å²) < 4.78 is 16.0. The van der Waals surface area contributed by atoms with Crippen LogP contribution in [0.4, 0.5) is 0 Å². The summed E-state index contributed by atoms with van der Waals surface area (Å²) in [5, 5.41) is 5.18. The topological polar surface area (TPSA) is 78.1 Å². The number of hydrogen-bond acceptors (Lipinski definition) is 5. The quantitative estimate of drug-likeness (QED) is 0.565. The number of aliphatic imine (C=N–C) groups is 1. The van der Waals surface area contributed by atoms with Gasteiger partial charge in [0.25, 0.3) is 0 Å². The van der Waals surface area contributed by atoms with Crippen molar-refractivity contribution in [3.8, 4) is 17.2 Å². The maximum Gasteiger partial charge on any atom is 0.188 e. The predicted molar refractivity (Wildman–Crippen MR) is 97.5 cm³/mol. The van der Waals surface area contributed by atoms with Crippen molar-refractivity contribution in [3.05, 3.63) is 40.1 Å². The number of benzene rings is 1. The van der Waals surface area contributed by atoms with Gasteiger partial charge in [0.1, 0.15) is 5.75 Å². The molecule has 0 aliphatic heterocycles. The number of nitrogens with zero attached hydrogens (tertiary/aromatic N) is 1. The van der Waals surface area contributed by atoms with E-state index in [0.29, 0.717) is 29.8 Å². The van der Waals surface area contributed by atoms with Gasteiger partial charge >= 0.3 is 0 Å². The van der Waals surface area contributed by atoms with Crippen LogP contribution in [0.15, 0.2) is 34.6 Å². The Balaban J connectivity index is 1.98. The van der Waals surface area contributed by atoms with E-state index in [0.717, 1.165) is 18.5 Å². The minimum Gasteiger partial charge on any atom is -0.496 e. The van der Waals surface area contributed by atoms with E-state index in [2.05, 4.69) is 21.8 Å². The molecule has 0 saturated heterocycles. The van der Waals surface area contributed by atoms with Crippen molar-refractivity contribution in [1.29, 1.82) is 0 Å². The standard InChI is InChI=1S/C17H23N3O3S/c1-21-14-10-16(23-3)15(22-2)9-12(14)11-20-17(18)19-7-6-13-5-4-8-24-13/h4-5,8-10H,6-7,11H2,1-3H3,(H3,18,19,20). The fourth-order valence-electron chi connectivity index (χ4n) is 2.21. The Morgan fingerprint density at radius 3 is 2.46 bits per heavy atom. The molecule has 0 aliphatic carbocycles. The van der Waals surface area contributed by atoms with Crippen LogP contribution in [0.2, 0.25) is 0 Å². The average Bonchev–Trinajstić information content (AvgIpc) is 3.12. The monoisotopic (exact) mass is 349 g/mol. The van der Waals surface area contributed by atoms with Gasteiger partial charge in [0.05, 0.1) is 27.9 Å². The number of thiophene rings is 1. The molecule has 0 unspecified atom stereocenters. The van der Waals surface area contributed by atoms with Gasteiger partial charge in [0.15, 0.2) is 17.5 Å². The molecule has 2 aromatic rings. The highest BCUT2D eigenvalue weighted by molar-refractivity contribution is 7.09. The fourth-order valence-corrected chi connectivity index (χ4v) is 2.92. The lowest BCUT2D eigenvalue weighted by Gasteiger charge is -2.13. The highest BCUT2D eigenvalue weighted by atomic mass is 32.1. The van der Waals surface area contributed by atoms with Gasteiger partial charge in [-0.25, -0.2) is 4.99 Å². The number of nitrogens with two attached hydrogens (primary N) is 1. The van der Waals surface area contributed by atoms with Crippen molar-refractivity contribution in [3.63, 3.8) is 0 Å². The first-order valence-electron chi connectivity index (χ1n) is 7.53. The molecule has 130 valence electrons. The summed E-state index contributed by atoms with van der Waals surface area (Å²) in [7, 11) is 4.79. The first-order valence-corrected chi connectivity index (χ1v) is 8.41. The highest BCUT2D eigenvalue weighted by Gasteiger charge is 2.11. The van der Waals surface area contributed by atoms with Crippen molar-refractivity contribution in [2.24, 2.45) is 10.7 Å². The van der Waals surface area contributed by atoms with Crippen LogP contribution >= 0.6 is 11.3 Å². The van der Waals surface area contributed by atoms with E-state index in [1.807, 2.05) is 12.1 Å². The van der Waals surface area contributed by atoms with Gasteiger partial charge in [-0.05, 0) is 23.9 Å². The third kappa shape index (κ3) is 4.79. The Labute approximate surface area is 146 Å². The summed E-state index contributed by atoms with van der Waals surface area (Å²) in [5.74, 6) is 2.34. The summed E-state index contributed by atoms with van der Waals surface area (Å²) in [5.41, 5.74) is 6.80. The zero-order valence-electron chi connectivity index (χ0n) is 14.2. The molecule has 0 radical (unpaired) electrons. The van der Waals surface area contributed by atoms with E-state index in [4.69, 9.17) is 19.9 Å². The lowest BCUT2D eigenvalue weighted by atomic mass is 10.1. The Bertz CT molecular complexity index is 672. The summed E-state index contributed by atoms with van der Waals surface area (Å²) in [6.45, 7) is 1.14. The Hall–Kier alpha value is -2.41. The molecule has 0 spiro atoms. The van der Waals surface area contributed by atoms with Crippen LogP contribution in [0.3, 0.4) is 0 Å². The van der Waals surface area contributed by atoms with E-state index in [1.165, 1.54) is 4.88 Å². The molecular weight excluding hydrogens is 326 g/mol. The van der Waals surface area contributed by atoms with Gasteiger partial charge in [-0.2, -0.15) is 0 Å². The van der Waals surface area contributed by atoms with Crippen LogP contribution in [-0.4, -0.2) is 33.8 Å². The molecular formula is C17H23N3O3S. The molecule has 0 aliphatic rings. The van der Waals surface area contributed by atoms with Crippen molar-refractivity contribution < 1.29 is 14.2 Å². The molecule has 24 heavy (non-hydrogen) atoms. The zero-order valence-corrected chi connectivity index (χ0v) is 15.0. The second-order valence-electron chi connectivity index (χ2n) is 4.98. The van der Waals surface area contributed by atoms with Gasteiger partial charge in [-0.1, -0.05) is 6.07 Å². The van der Waals surface area contributed by atoms with Crippen LogP contribution in [0, 0.1) is 0 Å². The predicted octanol–water partition coefficient (Wildman–Crippen LogP) is 2.42. The molecule has 0 amide bonds. The second kappa shape index (κ2) is 9.02. The van der Waals surface area contributed by atoms with Crippen LogP contribution in [-0.2, 0) is 13.0 Å². The minimum absolute atomic E-state index is 0.390. The maximum absolute atomic E-state index is 5.92. The summed E-state index contributed by atoms with van der Waals surface area (Å²) >= 11 is 1.73. The third-order valence-electron chi connectivity index (χ3n) is 3.46. The fraction of sp³-hybridized carbons (Fsp3) is 0.353. The normalized spacial score (nSPS) is 11.2. The van der Waals surface area contributed by atoms with Crippen molar-refractivity contribution >= 4 is 17.3 Å². The van der Waals surface area contributed by atoms with Crippen molar-refractivity contribution in [2.45, 2.75) is 13.0 Å². The molecule has 0 atom stereocenters. The van der Waals surface area contributed by atoms with Gasteiger partial charge < -0.3 is 25.3 Å². The summed E-state index contributed by atoms with van der Waals surface area (Å²) in [4.78, 5) is 5.68. The number of rotatable bonds is 8. The van der Waals surface area contributed by atoms with E-state index in [-0.39, 0.29) is 0 Å². The second-order valence-corrected chi connectivity index (χ2v) is 6.01. The van der Waals surface area contributed by atoms with Crippen molar-refractivity contribution in [2.75, 3.05) is 27.9 Å². The molecule has 2 rings (SSSR count). The Kier molecular flexibility index (Phi) is 6.74. The van der Waals surface area contributed by atoms with E-state index >= 15 is 0 Å². The van der Waals surface area contributed by atoms with Crippen LogP contribution in [0.5, 0.6) is 17.2 Å². The molecule has 1 aromatic carbocycles.